The number of carbonyl (C=O) groups excluding carboxylic acids is 1. The Kier molecular flexibility index (Phi) is 9.67. The van der Waals surface area contributed by atoms with Crippen LogP contribution in [0.4, 0.5) is 0 Å². The van der Waals surface area contributed by atoms with Gasteiger partial charge in [0.2, 0.25) is 0 Å². The molecule has 8 nitrogen and oxygen atoms in total. The van der Waals surface area contributed by atoms with Crippen molar-refractivity contribution in [2.75, 3.05) is 13.2 Å². The number of aromatic nitrogens is 2. The number of aliphatic hydroxyl groups is 1. The van der Waals surface area contributed by atoms with Gasteiger partial charge in [-0.3, -0.25) is 4.79 Å². The lowest BCUT2D eigenvalue weighted by Crippen LogP contribution is -2.37. The van der Waals surface area contributed by atoms with Gasteiger partial charge in [0.1, 0.15) is 17.6 Å². The van der Waals surface area contributed by atoms with E-state index in [4.69, 9.17) is 15.5 Å². The van der Waals surface area contributed by atoms with Gasteiger partial charge in [0.25, 0.3) is 5.91 Å². The minimum atomic E-state index is -0.298. The maximum absolute atomic E-state index is 13.0. The zero-order valence-corrected chi connectivity index (χ0v) is 23.0. The molecule has 8 heteroatoms. The summed E-state index contributed by atoms with van der Waals surface area (Å²) < 4.78 is 7.77. The summed E-state index contributed by atoms with van der Waals surface area (Å²) in [6.07, 6.45) is 2.93. The Balaban J connectivity index is 1.74. The summed E-state index contributed by atoms with van der Waals surface area (Å²) in [5.74, 6) is 1.15. The van der Waals surface area contributed by atoms with Crippen LogP contribution in [0.2, 0.25) is 0 Å². The second-order valence-corrected chi connectivity index (χ2v) is 10.8. The summed E-state index contributed by atoms with van der Waals surface area (Å²) in [5, 5.41) is 22.1. The number of hydrogen-bond acceptors (Lipinski definition) is 6. The highest BCUT2D eigenvalue weighted by Gasteiger charge is 2.22. The van der Waals surface area contributed by atoms with Crippen LogP contribution in [0.15, 0.2) is 48.7 Å². The molecule has 0 radical (unpaired) electrons. The summed E-state index contributed by atoms with van der Waals surface area (Å²) >= 11 is 0. The number of nitrogens with two attached hydrogens (primary N) is 1. The van der Waals surface area contributed by atoms with Crippen molar-refractivity contribution in [2.24, 2.45) is 5.73 Å². The van der Waals surface area contributed by atoms with Crippen LogP contribution < -0.4 is 15.8 Å². The van der Waals surface area contributed by atoms with Crippen LogP contribution in [0.1, 0.15) is 68.3 Å². The first kappa shape index (κ1) is 28.9. The standard InChI is InChI=1S/C30H39N5O3/c1-20(2)38-27-11-10-23(17-24(27)18-32)28(37)33-25(12-15-36)16-21-6-8-22(9-7-21)26-19-35(14-13-31)29(34-26)30(3,4)5/h6-11,17,19-20,25,36H,12-16,31H2,1-5H3,(H,33,37). The highest BCUT2D eigenvalue weighted by Crippen LogP contribution is 2.27. The average Bonchev–Trinajstić information content (AvgIpc) is 3.29. The molecule has 3 aromatic rings. The largest absolute Gasteiger partial charge is 0.490 e. The molecule has 3 rings (SSSR count). The topological polar surface area (TPSA) is 126 Å². The van der Waals surface area contributed by atoms with E-state index in [-0.39, 0.29) is 30.1 Å². The number of hydrogen-bond donors (Lipinski definition) is 3. The molecule has 0 fully saturated rings. The second-order valence-electron chi connectivity index (χ2n) is 10.8. The van der Waals surface area contributed by atoms with E-state index in [9.17, 15) is 15.2 Å². The number of rotatable bonds is 11. The van der Waals surface area contributed by atoms with Gasteiger partial charge in [-0.05, 0) is 50.5 Å². The minimum Gasteiger partial charge on any atom is -0.490 e. The fraction of sp³-hybridized carbons (Fsp3) is 0.433. The van der Waals surface area contributed by atoms with Crippen LogP contribution in [0.3, 0.4) is 0 Å². The van der Waals surface area contributed by atoms with Crippen molar-refractivity contribution in [3.05, 3.63) is 71.2 Å². The third-order valence-corrected chi connectivity index (χ3v) is 6.09. The first-order valence-corrected chi connectivity index (χ1v) is 13.0. The molecule has 1 atom stereocenters. The molecule has 0 saturated carbocycles. The van der Waals surface area contributed by atoms with E-state index in [1.165, 1.54) is 6.07 Å². The second kappa shape index (κ2) is 12.7. The van der Waals surface area contributed by atoms with Gasteiger partial charge < -0.3 is 25.5 Å². The molecule has 0 aliphatic carbocycles. The molecule has 0 bridgehead atoms. The summed E-state index contributed by atoms with van der Waals surface area (Å²) in [6, 6.07) is 14.8. The molecular weight excluding hydrogens is 478 g/mol. The Labute approximate surface area is 225 Å². The molecule has 0 aliphatic heterocycles. The van der Waals surface area contributed by atoms with E-state index < -0.39 is 0 Å². The van der Waals surface area contributed by atoms with Crippen LogP contribution >= 0.6 is 0 Å². The van der Waals surface area contributed by atoms with Gasteiger partial charge >= 0.3 is 0 Å². The first-order chi connectivity index (χ1) is 18.0. The number of nitrogens with zero attached hydrogens (tertiary/aromatic N) is 3. The minimum absolute atomic E-state index is 0.0538. The number of carbonyl (C=O) groups is 1. The summed E-state index contributed by atoms with van der Waals surface area (Å²) in [5.41, 5.74) is 9.32. The van der Waals surface area contributed by atoms with Crippen LogP contribution in [0.25, 0.3) is 11.3 Å². The molecule has 1 heterocycles. The zero-order valence-electron chi connectivity index (χ0n) is 23.0. The normalized spacial score (nSPS) is 12.3. The maximum atomic E-state index is 13.0. The van der Waals surface area contributed by atoms with E-state index >= 15 is 0 Å². The van der Waals surface area contributed by atoms with Crippen molar-refractivity contribution in [3.8, 4) is 23.1 Å². The highest BCUT2D eigenvalue weighted by molar-refractivity contribution is 5.95. The Hall–Kier alpha value is -3.67. The van der Waals surface area contributed by atoms with Crippen molar-refractivity contribution in [3.63, 3.8) is 0 Å². The van der Waals surface area contributed by atoms with Crippen LogP contribution in [0, 0.1) is 11.3 Å². The van der Waals surface area contributed by atoms with Gasteiger partial charge in [-0.1, -0.05) is 45.0 Å². The number of aliphatic hydroxyl groups excluding tert-OH is 1. The molecule has 38 heavy (non-hydrogen) atoms. The van der Waals surface area contributed by atoms with Gasteiger partial charge in [-0.2, -0.15) is 5.26 Å². The van der Waals surface area contributed by atoms with Crippen LogP contribution in [0.5, 0.6) is 5.75 Å². The van der Waals surface area contributed by atoms with Crippen molar-refractivity contribution < 1.29 is 14.6 Å². The van der Waals surface area contributed by atoms with Crippen molar-refractivity contribution in [2.45, 2.75) is 71.6 Å². The summed E-state index contributed by atoms with van der Waals surface area (Å²) in [7, 11) is 0. The Morgan fingerprint density at radius 3 is 2.50 bits per heavy atom. The number of amides is 1. The number of nitriles is 1. The quantitative estimate of drug-likeness (QED) is 0.350. The smallest absolute Gasteiger partial charge is 0.251 e. The lowest BCUT2D eigenvalue weighted by Gasteiger charge is -2.19. The third kappa shape index (κ3) is 7.44. The maximum Gasteiger partial charge on any atom is 0.251 e. The predicted octanol–water partition coefficient (Wildman–Crippen LogP) is 4.19. The average molecular weight is 518 g/mol. The lowest BCUT2D eigenvalue weighted by molar-refractivity contribution is 0.0930. The van der Waals surface area contributed by atoms with Gasteiger partial charge in [0.05, 0.1) is 17.4 Å². The predicted molar refractivity (Wildman–Crippen MR) is 149 cm³/mol. The van der Waals surface area contributed by atoms with E-state index in [2.05, 4.69) is 36.7 Å². The molecule has 1 aromatic heterocycles. The van der Waals surface area contributed by atoms with E-state index in [0.717, 1.165) is 22.6 Å². The third-order valence-electron chi connectivity index (χ3n) is 6.09. The van der Waals surface area contributed by atoms with E-state index in [1.54, 1.807) is 12.1 Å². The Morgan fingerprint density at radius 1 is 1.21 bits per heavy atom. The number of nitrogens with one attached hydrogen (secondary N) is 1. The molecule has 1 amide bonds. The number of ether oxygens (including phenoxy) is 1. The summed E-state index contributed by atoms with van der Waals surface area (Å²) in [6.45, 7) is 11.4. The van der Waals surface area contributed by atoms with E-state index in [0.29, 0.717) is 42.8 Å². The Bertz CT molecular complexity index is 1270. The van der Waals surface area contributed by atoms with Crippen molar-refractivity contribution in [1.82, 2.24) is 14.9 Å². The highest BCUT2D eigenvalue weighted by atomic mass is 16.5. The first-order valence-electron chi connectivity index (χ1n) is 13.0. The zero-order chi connectivity index (χ0) is 27.9. The molecule has 0 aliphatic rings. The molecule has 0 saturated heterocycles. The molecular formula is C30H39N5O3. The number of benzene rings is 2. The lowest BCUT2D eigenvalue weighted by atomic mass is 9.95. The van der Waals surface area contributed by atoms with Gasteiger partial charge in [0.15, 0.2) is 0 Å². The van der Waals surface area contributed by atoms with Crippen LogP contribution in [-0.2, 0) is 18.4 Å². The number of imidazole rings is 1. The van der Waals surface area contributed by atoms with E-state index in [1.807, 2.05) is 44.3 Å². The monoisotopic (exact) mass is 517 g/mol. The van der Waals surface area contributed by atoms with Gasteiger partial charge in [-0.25, -0.2) is 4.98 Å². The molecule has 0 spiro atoms. The van der Waals surface area contributed by atoms with Gasteiger partial charge in [0, 0.05) is 48.5 Å². The van der Waals surface area contributed by atoms with Crippen molar-refractivity contribution in [1.29, 1.82) is 5.26 Å². The molecule has 2 aromatic carbocycles. The molecule has 4 N–H and O–H groups in total. The Morgan fingerprint density at radius 2 is 1.92 bits per heavy atom. The fourth-order valence-corrected chi connectivity index (χ4v) is 4.32. The fourth-order valence-electron chi connectivity index (χ4n) is 4.32. The van der Waals surface area contributed by atoms with Crippen LogP contribution in [-0.4, -0.2) is 45.9 Å². The molecule has 202 valence electrons. The van der Waals surface area contributed by atoms with Crippen molar-refractivity contribution >= 4 is 5.91 Å². The SMILES string of the molecule is CC(C)Oc1ccc(C(=O)NC(CCO)Cc2ccc(-c3cn(CCN)c(C(C)(C)C)n3)cc2)cc1C#N. The summed E-state index contributed by atoms with van der Waals surface area (Å²) in [4.78, 5) is 17.9. The molecule has 1 unspecified atom stereocenters. The van der Waals surface area contributed by atoms with Gasteiger partial charge in [-0.15, -0.1) is 0 Å².